The third kappa shape index (κ3) is 5.94. The van der Waals surface area contributed by atoms with E-state index < -0.39 is 10.0 Å². The molecule has 168 valence electrons. The first kappa shape index (κ1) is 23.9. The lowest BCUT2D eigenvalue weighted by Gasteiger charge is -2.23. The fourth-order valence-electron chi connectivity index (χ4n) is 3.03. The highest BCUT2D eigenvalue weighted by Crippen LogP contribution is 2.29. The fraction of sp³-hybridized carbons (Fsp3) is 0.174. The number of ether oxygens (including phenoxy) is 1. The molecule has 0 radical (unpaired) electrons. The summed E-state index contributed by atoms with van der Waals surface area (Å²) in [6.07, 6.45) is 1.10. The summed E-state index contributed by atoms with van der Waals surface area (Å²) in [4.78, 5) is 12.5. The first-order valence-corrected chi connectivity index (χ1v) is 12.2. The number of methoxy groups -OCH3 is 1. The van der Waals surface area contributed by atoms with Gasteiger partial charge in [0.2, 0.25) is 10.0 Å². The Labute approximate surface area is 197 Å². The molecule has 3 aromatic rings. The average Bonchev–Trinajstić information content (AvgIpc) is 2.77. The van der Waals surface area contributed by atoms with Crippen molar-refractivity contribution in [3.8, 4) is 5.75 Å². The number of carbonyl (C=O) groups excluding carboxylic acids is 1. The number of hydrogen-bond donors (Lipinski definition) is 1. The number of hydrogen-bond acceptors (Lipinski definition) is 4. The number of carbonyl (C=O) groups is 1. The van der Waals surface area contributed by atoms with Gasteiger partial charge in [-0.15, -0.1) is 0 Å². The molecule has 0 aliphatic heterocycles. The van der Waals surface area contributed by atoms with Crippen molar-refractivity contribution < 1.29 is 17.9 Å². The Morgan fingerprint density at radius 2 is 1.56 bits per heavy atom. The van der Waals surface area contributed by atoms with Crippen LogP contribution in [0.3, 0.4) is 0 Å². The Morgan fingerprint density at radius 1 is 0.969 bits per heavy atom. The zero-order chi connectivity index (χ0) is 23.3. The molecular formula is C23H22Cl2N2O4S. The summed E-state index contributed by atoms with van der Waals surface area (Å²) in [7, 11) is -2.04. The van der Waals surface area contributed by atoms with Crippen molar-refractivity contribution >= 4 is 44.8 Å². The number of benzene rings is 3. The molecule has 1 amide bonds. The van der Waals surface area contributed by atoms with Crippen molar-refractivity contribution in [1.82, 2.24) is 5.32 Å². The Morgan fingerprint density at radius 3 is 2.09 bits per heavy atom. The van der Waals surface area contributed by atoms with Gasteiger partial charge in [-0.25, -0.2) is 8.42 Å². The maximum Gasteiger partial charge on any atom is 0.251 e. The highest BCUT2D eigenvalue weighted by Gasteiger charge is 2.21. The van der Waals surface area contributed by atoms with E-state index in [9.17, 15) is 13.2 Å². The van der Waals surface area contributed by atoms with Crippen molar-refractivity contribution in [2.45, 2.75) is 13.1 Å². The Bertz CT molecular complexity index is 1180. The Balaban J connectivity index is 1.74. The monoisotopic (exact) mass is 492 g/mol. The van der Waals surface area contributed by atoms with E-state index in [0.717, 1.165) is 17.6 Å². The van der Waals surface area contributed by atoms with E-state index in [1.54, 1.807) is 49.6 Å². The van der Waals surface area contributed by atoms with Crippen LogP contribution < -0.4 is 14.4 Å². The number of amides is 1. The molecule has 0 fully saturated rings. The van der Waals surface area contributed by atoms with Crippen molar-refractivity contribution in [2.75, 3.05) is 17.7 Å². The second kappa shape index (κ2) is 10.3. The quantitative estimate of drug-likeness (QED) is 0.485. The van der Waals surface area contributed by atoms with E-state index in [1.165, 1.54) is 4.31 Å². The van der Waals surface area contributed by atoms with Gasteiger partial charge in [-0.1, -0.05) is 41.4 Å². The highest BCUT2D eigenvalue weighted by molar-refractivity contribution is 7.92. The van der Waals surface area contributed by atoms with E-state index in [1.807, 2.05) is 24.3 Å². The highest BCUT2D eigenvalue weighted by atomic mass is 35.5. The summed E-state index contributed by atoms with van der Waals surface area (Å²) in [6.45, 7) is 0.325. The minimum Gasteiger partial charge on any atom is -0.497 e. The molecule has 0 heterocycles. The van der Waals surface area contributed by atoms with E-state index in [2.05, 4.69) is 5.32 Å². The van der Waals surface area contributed by atoms with Crippen LogP contribution in [0.25, 0.3) is 0 Å². The molecular weight excluding hydrogens is 471 g/mol. The zero-order valence-corrected chi connectivity index (χ0v) is 19.8. The van der Waals surface area contributed by atoms with Crippen molar-refractivity contribution in [2.24, 2.45) is 0 Å². The summed E-state index contributed by atoms with van der Waals surface area (Å²) in [5.41, 5.74) is 2.24. The third-order valence-corrected chi connectivity index (χ3v) is 6.64. The van der Waals surface area contributed by atoms with Crippen LogP contribution in [0.5, 0.6) is 5.75 Å². The third-order valence-electron chi connectivity index (χ3n) is 4.79. The number of nitrogens with zero attached hydrogens (tertiary/aromatic N) is 1. The molecule has 0 aromatic heterocycles. The van der Waals surface area contributed by atoms with Crippen molar-refractivity contribution in [3.63, 3.8) is 0 Å². The van der Waals surface area contributed by atoms with Gasteiger partial charge >= 0.3 is 0 Å². The Kier molecular flexibility index (Phi) is 7.66. The zero-order valence-electron chi connectivity index (χ0n) is 17.5. The maximum absolute atomic E-state index is 12.5. The predicted octanol–water partition coefficient (Wildman–Crippen LogP) is 4.90. The molecule has 1 N–H and O–H groups in total. The molecule has 0 saturated carbocycles. The number of nitrogens with one attached hydrogen (secondary N) is 1. The van der Waals surface area contributed by atoms with Crippen LogP contribution in [0, 0.1) is 0 Å². The first-order valence-electron chi connectivity index (χ1n) is 9.61. The van der Waals surface area contributed by atoms with E-state index in [0.29, 0.717) is 33.4 Å². The van der Waals surface area contributed by atoms with E-state index in [-0.39, 0.29) is 12.5 Å². The molecule has 3 rings (SSSR count). The van der Waals surface area contributed by atoms with Crippen molar-refractivity contribution in [1.29, 1.82) is 0 Å². The van der Waals surface area contributed by atoms with Gasteiger partial charge in [-0.2, -0.15) is 0 Å². The largest absolute Gasteiger partial charge is 0.497 e. The Hall–Kier alpha value is -2.74. The second-order valence-electron chi connectivity index (χ2n) is 7.05. The fourth-order valence-corrected chi connectivity index (χ4v) is 4.42. The number of halogens is 2. The van der Waals surface area contributed by atoms with Crippen LogP contribution in [-0.2, 0) is 23.1 Å². The van der Waals surface area contributed by atoms with Gasteiger partial charge in [-0.3, -0.25) is 9.10 Å². The molecule has 9 heteroatoms. The normalized spacial score (nSPS) is 11.1. The van der Waals surface area contributed by atoms with Gasteiger partial charge in [0.15, 0.2) is 0 Å². The SMILES string of the molecule is COc1ccc(CNC(=O)c2ccc(N(Cc3c(Cl)cccc3Cl)S(C)(=O)=O)cc2)cc1. The molecule has 6 nitrogen and oxygen atoms in total. The lowest BCUT2D eigenvalue weighted by molar-refractivity contribution is 0.0951. The van der Waals surface area contributed by atoms with Crippen molar-refractivity contribution in [3.05, 3.63) is 93.5 Å². The standard InChI is InChI=1S/C23H22Cl2N2O4S/c1-31-19-12-6-16(7-13-19)14-26-23(28)17-8-10-18(11-9-17)27(32(2,29)30)15-20-21(24)4-3-5-22(20)25/h3-13H,14-15H2,1-2H3,(H,26,28). The molecule has 3 aromatic carbocycles. The van der Waals surface area contributed by atoms with Crippen LogP contribution in [-0.4, -0.2) is 27.7 Å². The van der Waals surface area contributed by atoms with Crippen LogP contribution in [0.15, 0.2) is 66.7 Å². The predicted molar refractivity (Wildman–Crippen MR) is 128 cm³/mol. The summed E-state index contributed by atoms with van der Waals surface area (Å²) in [5.74, 6) is 0.469. The van der Waals surface area contributed by atoms with Gasteiger partial charge in [0.25, 0.3) is 5.91 Å². The molecule has 0 atom stereocenters. The number of sulfonamides is 1. The molecule has 0 spiro atoms. The summed E-state index contributed by atoms with van der Waals surface area (Å²) < 4.78 is 31.2. The van der Waals surface area contributed by atoms with Crippen LogP contribution in [0.1, 0.15) is 21.5 Å². The van der Waals surface area contributed by atoms with Crippen LogP contribution in [0.4, 0.5) is 5.69 Å². The molecule has 0 unspecified atom stereocenters. The molecule has 0 aliphatic carbocycles. The van der Waals surface area contributed by atoms with E-state index >= 15 is 0 Å². The van der Waals surface area contributed by atoms with Gasteiger partial charge in [0.05, 0.1) is 25.6 Å². The van der Waals surface area contributed by atoms with E-state index in [4.69, 9.17) is 27.9 Å². The maximum atomic E-state index is 12.5. The minimum atomic E-state index is -3.63. The van der Waals surface area contributed by atoms with Gasteiger partial charge in [0.1, 0.15) is 5.75 Å². The number of rotatable bonds is 8. The molecule has 0 aliphatic rings. The number of anilines is 1. The topological polar surface area (TPSA) is 75.7 Å². The van der Waals surface area contributed by atoms with Gasteiger partial charge in [0, 0.05) is 27.7 Å². The minimum absolute atomic E-state index is 0.0274. The summed E-state index contributed by atoms with van der Waals surface area (Å²) >= 11 is 12.4. The average molecular weight is 493 g/mol. The molecule has 32 heavy (non-hydrogen) atoms. The molecule has 0 bridgehead atoms. The second-order valence-corrected chi connectivity index (χ2v) is 9.77. The van der Waals surface area contributed by atoms with Crippen LogP contribution >= 0.6 is 23.2 Å². The summed E-state index contributed by atoms with van der Waals surface area (Å²) in [5, 5.41) is 3.59. The smallest absolute Gasteiger partial charge is 0.251 e. The molecule has 0 saturated heterocycles. The van der Waals surface area contributed by atoms with Crippen LogP contribution in [0.2, 0.25) is 10.0 Å². The first-order chi connectivity index (χ1) is 15.2. The van der Waals surface area contributed by atoms with Gasteiger partial charge < -0.3 is 10.1 Å². The lowest BCUT2D eigenvalue weighted by Crippen LogP contribution is -2.29. The lowest BCUT2D eigenvalue weighted by atomic mass is 10.1. The summed E-state index contributed by atoms with van der Waals surface area (Å²) in [6, 6.07) is 18.7. The van der Waals surface area contributed by atoms with Gasteiger partial charge in [-0.05, 0) is 54.1 Å².